The number of nitrogens with two attached hydrogens (primary N) is 1. The van der Waals surface area contributed by atoms with Crippen LogP contribution in [0.1, 0.15) is 16.9 Å². The monoisotopic (exact) mass is 247 g/mol. The number of hydrogen-bond donors (Lipinski definition) is 1. The van der Waals surface area contributed by atoms with Crippen LogP contribution in [-0.2, 0) is 24.5 Å². The first-order valence-electron chi connectivity index (χ1n) is 5.79. The van der Waals surface area contributed by atoms with Crippen LogP contribution in [-0.4, -0.2) is 7.11 Å². The van der Waals surface area contributed by atoms with Gasteiger partial charge in [-0.3, -0.25) is 0 Å². The summed E-state index contributed by atoms with van der Waals surface area (Å²) in [6.45, 7) is 1.42. The van der Waals surface area contributed by atoms with Gasteiger partial charge in [0.15, 0.2) is 0 Å². The maximum absolute atomic E-state index is 5.71. The highest BCUT2D eigenvalue weighted by Crippen LogP contribution is 2.17. The first-order chi connectivity index (χ1) is 8.83. The summed E-state index contributed by atoms with van der Waals surface area (Å²) < 4.78 is 16.0. The predicted molar refractivity (Wildman–Crippen MR) is 68.1 cm³/mol. The molecule has 0 aliphatic heterocycles. The van der Waals surface area contributed by atoms with Crippen molar-refractivity contribution < 1.29 is 13.9 Å². The molecule has 2 rings (SSSR count). The number of furan rings is 1. The molecule has 96 valence electrons. The Labute approximate surface area is 106 Å². The third-order valence-electron chi connectivity index (χ3n) is 2.63. The largest absolute Gasteiger partial charge is 0.489 e. The molecular formula is C14H17NO3. The molecule has 18 heavy (non-hydrogen) atoms. The summed E-state index contributed by atoms with van der Waals surface area (Å²) in [5.74, 6) is 1.58. The Morgan fingerprint density at radius 1 is 1.22 bits per heavy atom. The fourth-order valence-corrected chi connectivity index (χ4v) is 1.73. The van der Waals surface area contributed by atoms with E-state index in [1.807, 2.05) is 30.3 Å². The van der Waals surface area contributed by atoms with Crippen molar-refractivity contribution in [3.8, 4) is 5.75 Å². The quantitative estimate of drug-likeness (QED) is 0.852. The lowest BCUT2D eigenvalue weighted by Crippen LogP contribution is -2.02. The Morgan fingerprint density at radius 3 is 2.89 bits per heavy atom. The normalized spacial score (nSPS) is 10.6. The van der Waals surface area contributed by atoms with Crippen LogP contribution in [0.5, 0.6) is 5.75 Å². The van der Waals surface area contributed by atoms with Crippen molar-refractivity contribution in [2.75, 3.05) is 7.11 Å². The lowest BCUT2D eigenvalue weighted by atomic mass is 10.2. The molecule has 0 spiro atoms. The molecule has 1 aromatic heterocycles. The van der Waals surface area contributed by atoms with E-state index in [2.05, 4.69) is 0 Å². The molecule has 2 aromatic rings. The average molecular weight is 247 g/mol. The maximum Gasteiger partial charge on any atom is 0.123 e. The van der Waals surface area contributed by atoms with Crippen molar-refractivity contribution in [2.24, 2.45) is 5.73 Å². The number of ether oxygens (including phenoxy) is 2. The van der Waals surface area contributed by atoms with Gasteiger partial charge in [-0.25, -0.2) is 0 Å². The Kier molecular flexibility index (Phi) is 4.39. The van der Waals surface area contributed by atoms with Crippen molar-refractivity contribution in [2.45, 2.75) is 19.8 Å². The van der Waals surface area contributed by atoms with Crippen LogP contribution in [0.2, 0.25) is 0 Å². The molecule has 1 heterocycles. The average Bonchev–Trinajstić information content (AvgIpc) is 2.84. The first-order valence-corrected chi connectivity index (χ1v) is 5.79. The summed E-state index contributed by atoms with van der Waals surface area (Å²) in [5, 5.41) is 0. The van der Waals surface area contributed by atoms with Crippen LogP contribution in [0.25, 0.3) is 0 Å². The van der Waals surface area contributed by atoms with Gasteiger partial charge in [0.1, 0.15) is 18.1 Å². The van der Waals surface area contributed by atoms with Crippen molar-refractivity contribution in [1.29, 1.82) is 0 Å². The summed E-state index contributed by atoms with van der Waals surface area (Å²) in [6.07, 6.45) is 1.63. The molecule has 0 bridgehead atoms. The molecule has 0 aliphatic carbocycles. The molecule has 2 N–H and O–H groups in total. The number of hydrogen-bond acceptors (Lipinski definition) is 4. The Balaban J connectivity index is 1.99. The molecule has 0 saturated carbocycles. The highest BCUT2D eigenvalue weighted by molar-refractivity contribution is 5.28. The van der Waals surface area contributed by atoms with Crippen molar-refractivity contribution in [3.63, 3.8) is 0 Å². The Morgan fingerprint density at radius 2 is 2.11 bits per heavy atom. The van der Waals surface area contributed by atoms with Gasteiger partial charge in [0, 0.05) is 12.7 Å². The van der Waals surface area contributed by atoms with E-state index in [1.54, 1.807) is 13.4 Å². The molecule has 0 atom stereocenters. The fourth-order valence-electron chi connectivity index (χ4n) is 1.73. The second kappa shape index (κ2) is 6.23. The van der Waals surface area contributed by atoms with Gasteiger partial charge < -0.3 is 19.6 Å². The van der Waals surface area contributed by atoms with E-state index in [4.69, 9.17) is 19.6 Å². The maximum atomic E-state index is 5.71. The minimum atomic E-state index is 0.384. The second-order valence-electron chi connectivity index (χ2n) is 3.94. The van der Waals surface area contributed by atoms with E-state index < -0.39 is 0 Å². The number of rotatable bonds is 6. The number of benzene rings is 1. The highest BCUT2D eigenvalue weighted by Gasteiger charge is 2.05. The van der Waals surface area contributed by atoms with Gasteiger partial charge in [-0.1, -0.05) is 12.1 Å². The molecule has 0 saturated heterocycles. The van der Waals surface area contributed by atoms with Crippen molar-refractivity contribution in [3.05, 3.63) is 53.5 Å². The zero-order chi connectivity index (χ0) is 12.8. The van der Waals surface area contributed by atoms with Gasteiger partial charge in [0.05, 0.1) is 19.4 Å². The lowest BCUT2D eigenvalue weighted by molar-refractivity contribution is 0.184. The summed E-state index contributed by atoms with van der Waals surface area (Å²) in [4.78, 5) is 0. The minimum Gasteiger partial charge on any atom is -0.489 e. The third-order valence-corrected chi connectivity index (χ3v) is 2.63. The highest BCUT2D eigenvalue weighted by atomic mass is 16.5. The lowest BCUT2D eigenvalue weighted by Gasteiger charge is -2.07. The summed E-state index contributed by atoms with van der Waals surface area (Å²) in [7, 11) is 1.67. The molecule has 1 aromatic carbocycles. The smallest absolute Gasteiger partial charge is 0.123 e. The SMILES string of the molecule is COCc1cccc(OCc2ccoc2CN)c1. The predicted octanol–water partition coefficient (Wildman–Crippen LogP) is 2.46. The van der Waals surface area contributed by atoms with Gasteiger partial charge in [0.25, 0.3) is 0 Å². The van der Waals surface area contributed by atoms with Gasteiger partial charge in [-0.2, -0.15) is 0 Å². The topological polar surface area (TPSA) is 57.6 Å². The first kappa shape index (κ1) is 12.7. The molecule has 0 fully saturated rings. The van der Waals surface area contributed by atoms with Gasteiger partial charge in [0.2, 0.25) is 0 Å². The molecule has 0 aliphatic rings. The molecule has 4 heteroatoms. The van der Waals surface area contributed by atoms with Crippen LogP contribution in [0, 0.1) is 0 Å². The van der Waals surface area contributed by atoms with E-state index in [9.17, 15) is 0 Å². The van der Waals surface area contributed by atoms with Crippen molar-refractivity contribution >= 4 is 0 Å². The van der Waals surface area contributed by atoms with E-state index in [-0.39, 0.29) is 0 Å². The van der Waals surface area contributed by atoms with Gasteiger partial charge in [-0.05, 0) is 23.8 Å². The van der Waals surface area contributed by atoms with Crippen LogP contribution >= 0.6 is 0 Å². The van der Waals surface area contributed by atoms with Gasteiger partial charge >= 0.3 is 0 Å². The standard InChI is InChI=1S/C14H17NO3/c1-16-9-11-3-2-4-13(7-11)18-10-12-5-6-17-14(12)8-15/h2-7H,8-10,15H2,1H3. The summed E-state index contributed by atoms with van der Waals surface area (Å²) in [6, 6.07) is 9.71. The molecule has 0 unspecified atom stereocenters. The van der Waals surface area contributed by atoms with E-state index in [0.717, 1.165) is 22.6 Å². The summed E-state index contributed by atoms with van der Waals surface area (Å²) in [5.41, 5.74) is 7.63. The molecule has 0 amide bonds. The van der Waals surface area contributed by atoms with Gasteiger partial charge in [-0.15, -0.1) is 0 Å². The Bertz CT molecular complexity index is 493. The van der Waals surface area contributed by atoms with Crippen molar-refractivity contribution in [1.82, 2.24) is 0 Å². The number of methoxy groups -OCH3 is 1. The van der Waals surface area contributed by atoms with E-state index >= 15 is 0 Å². The zero-order valence-electron chi connectivity index (χ0n) is 10.4. The van der Waals surface area contributed by atoms with Crippen LogP contribution in [0.15, 0.2) is 41.0 Å². The third kappa shape index (κ3) is 3.12. The molecule has 0 radical (unpaired) electrons. The Hall–Kier alpha value is -1.78. The minimum absolute atomic E-state index is 0.384. The van der Waals surface area contributed by atoms with Crippen LogP contribution in [0.3, 0.4) is 0 Å². The fraction of sp³-hybridized carbons (Fsp3) is 0.286. The second-order valence-corrected chi connectivity index (χ2v) is 3.94. The van der Waals surface area contributed by atoms with E-state index in [0.29, 0.717) is 19.8 Å². The van der Waals surface area contributed by atoms with Crippen LogP contribution < -0.4 is 10.5 Å². The molecule has 4 nitrogen and oxygen atoms in total. The summed E-state index contributed by atoms with van der Waals surface area (Å²) >= 11 is 0. The van der Waals surface area contributed by atoms with Crippen LogP contribution in [0.4, 0.5) is 0 Å². The van der Waals surface area contributed by atoms with E-state index in [1.165, 1.54) is 0 Å². The zero-order valence-corrected chi connectivity index (χ0v) is 10.4. The molecular weight excluding hydrogens is 230 g/mol.